The van der Waals surface area contributed by atoms with E-state index in [1.54, 1.807) is 7.11 Å². The molecule has 0 N–H and O–H groups in total. The van der Waals surface area contributed by atoms with Gasteiger partial charge in [0.15, 0.2) is 0 Å². The van der Waals surface area contributed by atoms with Crippen molar-refractivity contribution < 1.29 is 14.3 Å². The van der Waals surface area contributed by atoms with Crippen LogP contribution < -0.4 is 9.47 Å². The van der Waals surface area contributed by atoms with Crippen LogP contribution in [0.5, 0.6) is 11.5 Å². The molecule has 0 saturated heterocycles. The van der Waals surface area contributed by atoms with Crippen LogP contribution in [0.1, 0.15) is 61.9 Å². The second kappa shape index (κ2) is 13.5. The molecule has 0 saturated carbocycles. The Hall–Kier alpha value is -2.82. The van der Waals surface area contributed by atoms with Crippen LogP contribution in [0.25, 0.3) is 0 Å². The molecule has 168 valence electrons. The lowest BCUT2D eigenvalue weighted by Crippen LogP contribution is -2.02. The number of aryl methyl sites for hydroxylation is 3. The normalized spacial score (nSPS) is 11.7. The fourth-order valence-corrected chi connectivity index (χ4v) is 3.37. The first kappa shape index (κ1) is 24.4. The first-order valence-electron chi connectivity index (χ1n) is 11.1. The van der Waals surface area contributed by atoms with Gasteiger partial charge >= 0.3 is 0 Å². The molecule has 0 aliphatic carbocycles. The predicted molar refractivity (Wildman–Crippen MR) is 127 cm³/mol. The van der Waals surface area contributed by atoms with Crippen molar-refractivity contribution in [3.8, 4) is 11.5 Å². The van der Waals surface area contributed by atoms with Crippen LogP contribution in [-0.2, 0) is 11.3 Å². The summed E-state index contributed by atoms with van der Waals surface area (Å²) in [4.78, 5) is 9.34. The fraction of sp³-hybridized carbons (Fsp3) is 0.462. The molecule has 0 aliphatic heterocycles. The summed E-state index contributed by atoms with van der Waals surface area (Å²) in [5.74, 6) is 1.87. The SMILES string of the molecule is C/C=C/COc1cc(C)c(OCCCCCCc2ccc(/C(C)=N/OC)cn2)c(C)c1. The van der Waals surface area contributed by atoms with E-state index < -0.39 is 0 Å². The molecule has 0 aliphatic rings. The van der Waals surface area contributed by atoms with E-state index in [2.05, 4.69) is 36.1 Å². The van der Waals surface area contributed by atoms with Gasteiger partial charge in [-0.3, -0.25) is 4.98 Å². The highest BCUT2D eigenvalue weighted by atomic mass is 16.6. The number of aromatic nitrogens is 1. The van der Waals surface area contributed by atoms with Crippen LogP contribution in [0.2, 0.25) is 0 Å². The number of rotatable bonds is 13. The minimum Gasteiger partial charge on any atom is -0.493 e. The number of nitrogens with zero attached hydrogens (tertiary/aromatic N) is 2. The lowest BCUT2D eigenvalue weighted by atomic mass is 10.1. The second-order valence-electron chi connectivity index (χ2n) is 7.68. The molecule has 2 rings (SSSR count). The zero-order valence-electron chi connectivity index (χ0n) is 19.6. The van der Waals surface area contributed by atoms with Crippen LogP contribution in [0, 0.1) is 13.8 Å². The second-order valence-corrected chi connectivity index (χ2v) is 7.68. The summed E-state index contributed by atoms with van der Waals surface area (Å²) >= 11 is 0. The smallest absolute Gasteiger partial charge is 0.125 e. The van der Waals surface area contributed by atoms with Gasteiger partial charge in [-0.25, -0.2) is 0 Å². The molecule has 1 heterocycles. The van der Waals surface area contributed by atoms with Gasteiger partial charge in [0.25, 0.3) is 0 Å². The number of allylic oxidation sites excluding steroid dienone is 1. The summed E-state index contributed by atoms with van der Waals surface area (Å²) in [7, 11) is 1.55. The molecule has 0 fully saturated rings. The van der Waals surface area contributed by atoms with Gasteiger partial charge in [0.2, 0.25) is 0 Å². The third-order valence-electron chi connectivity index (χ3n) is 5.06. The molecule has 0 amide bonds. The van der Waals surface area contributed by atoms with Crippen LogP contribution in [0.4, 0.5) is 0 Å². The maximum Gasteiger partial charge on any atom is 0.125 e. The minimum absolute atomic E-state index is 0.594. The molecule has 0 spiro atoms. The third kappa shape index (κ3) is 8.44. The van der Waals surface area contributed by atoms with E-state index in [-0.39, 0.29) is 0 Å². The molecular weight excluding hydrogens is 388 g/mol. The summed E-state index contributed by atoms with van der Waals surface area (Å²) < 4.78 is 11.8. The summed E-state index contributed by atoms with van der Waals surface area (Å²) in [6.45, 7) is 9.39. The van der Waals surface area contributed by atoms with Gasteiger partial charge in [-0.2, -0.15) is 0 Å². The van der Waals surface area contributed by atoms with Crippen LogP contribution in [0.15, 0.2) is 47.8 Å². The van der Waals surface area contributed by atoms with E-state index in [9.17, 15) is 0 Å². The predicted octanol–water partition coefficient (Wildman–Crippen LogP) is 6.21. The Labute approximate surface area is 187 Å². The zero-order valence-corrected chi connectivity index (χ0v) is 19.6. The Morgan fingerprint density at radius 2 is 1.77 bits per heavy atom. The Morgan fingerprint density at radius 1 is 1.03 bits per heavy atom. The number of oxime groups is 1. The van der Waals surface area contributed by atoms with E-state index in [1.165, 1.54) is 6.42 Å². The first-order chi connectivity index (χ1) is 15.0. The number of pyridine rings is 1. The Bertz CT molecular complexity index is 834. The van der Waals surface area contributed by atoms with Crippen molar-refractivity contribution in [3.05, 3.63) is 65.0 Å². The molecule has 5 heteroatoms. The average molecular weight is 425 g/mol. The van der Waals surface area contributed by atoms with Gasteiger partial charge in [0, 0.05) is 17.5 Å². The van der Waals surface area contributed by atoms with Gasteiger partial charge in [-0.05, 0) is 82.3 Å². The highest BCUT2D eigenvalue weighted by molar-refractivity contribution is 5.97. The number of ether oxygens (including phenoxy) is 2. The van der Waals surface area contributed by atoms with Crippen LogP contribution in [-0.4, -0.2) is 31.0 Å². The highest BCUT2D eigenvalue weighted by Gasteiger charge is 2.07. The molecule has 0 bridgehead atoms. The van der Waals surface area contributed by atoms with Gasteiger partial charge in [0.05, 0.1) is 12.3 Å². The Kier molecular flexibility index (Phi) is 10.6. The lowest BCUT2D eigenvalue weighted by Gasteiger charge is -2.14. The summed E-state index contributed by atoms with van der Waals surface area (Å²) in [6.07, 6.45) is 11.4. The molecule has 1 aromatic carbocycles. The van der Waals surface area contributed by atoms with E-state index in [1.807, 2.05) is 44.3 Å². The maximum absolute atomic E-state index is 6.07. The molecular formula is C26H36N2O3. The number of unbranched alkanes of at least 4 members (excludes halogenated alkanes) is 3. The number of benzene rings is 1. The van der Waals surface area contributed by atoms with E-state index >= 15 is 0 Å². The molecule has 2 aromatic rings. The molecule has 0 radical (unpaired) electrons. The van der Waals surface area contributed by atoms with Crippen LogP contribution in [0.3, 0.4) is 0 Å². The fourth-order valence-electron chi connectivity index (χ4n) is 3.37. The topological polar surface area (TPSA) is 52.9 Å². The zero-order chi connectivity index (χ0) is 22.5. The Balaban J connectivity index is 1.67. The maximum atomic E-state index is 6.07. The average Bonchev–Trinajstić information content (AvgIpc) is 2.75. The van der Waals surface area contributed by atoms with Crippen molar-refractivity contribution in [3.63, 3.8) is 0 Å². The van der Waals surface area contributed by atoms with Crippen molar-refractivity contribution in [2.24, 2.45) is 5.16 Å². The molecule has 0 unspecified atom stereocenters. The van der Waals surface area contributed by atoms with Gasteiger partial charge in [-0.15, -0.1) is 0 Å². The van der Waals surface area contributed by atoms with Crippen molar-refractivity contribution in [1.29, 1.82) is 0 Å². The lowest BCUT2D eigenvalue weighted by molar-refractivity contribution is 0.213. The molecule has 1 aromatic heterocycles. The quantitative estimate of drug-likeness (QED) is 0.166. The van der Waals surface area contributed by atoms with Gasteiger partial charge in [-0.1, -0.05) is 30.1 Å². The van der Waals surface area contributed by atoms with Crippen molar-refractivity contribution in [2.75, 3.05) is 20.3 Å². The van der Waals surface area contributed by atoms with Crippen LogP contribution >= 0.6 is 0 Å². The number of hydrogen-bond acceptors (Lipinski definition) is 5. The van der Waals surface area contributed by atoms with E-state index in [4.69, 9.17) is 14.3 Å². The molecule has 5 nitrogen and oxygen atoms in total. The minimum atomic E-state index is 0.594. The van der Waals surface area contributed by atoms with Crippen molar-refractivity contribution in [1.82, 2.24) is 4.98 Å². The highest BCUT2D eigenvalue weighted by Crippen LogP contribution is 2.28. The van der Waals surface area contributed by atoms with Gasteiger partial charge in [0.1, 0.15) is 25.2 Å². The molecule has 31 heavy (non-hydrogen) atoms. The summed E-state index contributed by atoms with van der Waals surface area (Å²) in [5.41, 5.74) is 5.19. The van der Waals surface area contributed by atoms with Crippen molar-refractivity contribution >= 4 is 5.71 Å². The monoisotopic (exact) mass is 424 g/mol. The third-order valence-corrected chi connectivity index (χ3v) is 5.06. The number of hydrogen-bond donors (Lipinski definition) is 0. The largest absolute Gasteiger partial charge is 0.493 e. The summed E-state index contributed by atoms with van der Waals surface area (Å²) in [5, 5.41) is 3.94. The van der Waals surface area contributed by atoms with E-state index in [0.29, 0.717) is 6.61 Å². The standard InChI is InChI=1S/C26H36N2O3/c1-6-7-15-30-25-17-20(2)26(21(3)18-25)31-16-11-9-8-10-12-24-14-13-23(19-27-24)22(4)28-29-5/h6-7,13-14,17-19H,8-12,15-16H2,1-5H3/b7-6+,28-22+. The van der Waals surface area contributed by atoms with Crippen molar-refractivity contribution in [2.45, 2.75) is 59.8 Å². The summed E-state index contributed by atoms with van der Waals surface area (Å²) in [6, 6.07) is 8.22. The first-order valence-corrected chi connectivity index (χ1v) is 11.1. The van der Waals surface area contributed by atoms with E-state index in [0.717, 1.165) is 71.9 Å². The van der Waals surface area contributed by atoms with Gasteiger partial charge < -0.3 is 14.3 Å². The molecule has 0 atom stereocenters. The Morgan fingerprint density at radius 3 is 2.42 bits per heavy atom.